The van der Waals surface area contributed by atoms with Crippen LogP contribution in [0.1, 0.15) is 65.7 Å². The Balaban J connectivity index is 1.80. The molecule has 6 atom stereocenters. The molecule has 0 aromatic heterocycles. The molecule has 0 aromatic rings. The number of allylic oxidation sites excluding steroid dienone is 4. The van der Waals surface area contributed by atoms with Crippen molar-refractivity contribution in [1.29, 1.82) is 0 Å². The molecule has 7 heteroatoms. The Labute approximate surface area is 192 Å². The smallest absolute Gasteiger partial charge is 0.306 e. The topological polar surface area (TPSA) is 77.5 Å². The third-order valence-electron chi connectivity index (χ3n) is 8.84. The second-order valence-corrected chi connectivity index (χ2v) is 10.5. The summed E-state index contributed by atoms with van der Waals surface area (Å²) in [5, 5.41) is 0. The first-order valence-corrected chi connectivity index (χ1v) is 12.0. The van der Waals surface area contributed by atoms with Gasteiger partial charge in [0.25, 0.3) is 0 Å². The van der Waals surface area contributed by atoms with E-state index in [9.17, 15) is 19.2 Å². The van der Waals surface area contributed by atoms with Crippen molar-refractivity contribution in [1.82, 2.24) is 0 Å². The second kappa shape index (κ2) is 7.61. The van der Waals surface area contributed by atoms with Crippen molar-refractivity contribution in [3.63, 3.8) is 0 Å². The van der Waals surface area contributed by atoms with Gasteiger partial charge in [-0.05, 0) is 57.1 Å². The van der Waals surface area contributed by atoms with E-state index in [0.29, 0.717) is 31.3 Å². The number of ether oxygens (including phenoxy) is 1. The molecule has 0 bridgehead atoms. The first-order valence-electron chi connectivity index (χ1n) is 11.5. The van der Waals surface area contributed by atoms with Crippen LogP contribution in [0.2, 0.25) is 0 Å². The van der Waals surface area contributed by atoms with Crippen LogP contribution < -0.4 is 0 Å². The fraction of sp³-hybridized carbons (Fsp3) is 0.680. The summed E-state index contributed by atoms with van der Waals surface area (Å²) < 4.78 is 22.9. The Morgan fingerprint density at radius 2 is 1.94 bits per heavy atom. The van der Waals surface area contributed by atoms with Crippen molar-refractivity contribution in [2.45, 2.75) is 77.0 Å². The Kier molecular flexibility index (Phi) is 5.55. The van der Waals surface area contributed by atoms with Gasteiger partial charge in [-0.15, -0.1) is 11.6 Å². The number of esters is 1. The van der Waals surface area contributed by atoms with Crippen molar-refractivity contribution in [3.8, 4) is 0 Å². The van der Waals surface area contributed by atoms with Crippen LogP contribution in [-0.4, -0.2) is 40.5 Å². The van der Waals surface area contributed by atoms with Gasteiger partial charge in [-0.1, -0.05) is 25.5 Å². The lowest BCUT2D eigenvalue weighted by Crippen LogP contribution is -2.68. The maximum absolute atomic E-state index is 17.0. The highest BCUT2D eigenvalue weighted by molar-refractivity contribution is 6.29. The highest BCUT2D eigenvalue weighted by Crippen LogP contribution is 2.69. The van der Waals surface area contributed by atoms with Crippen LogP contribution in [0.5, 0.6) is 0 Å². The highest BCUT2D eigenvalue weighted by Gasteiger charge is 2.75. The molecule has 0 spiro atoms. The highest BCUT2D eigenvalue weighted by atomic mass is 35.5. The fourth-order valence-electron chi connectivity index (χ4n) is 7.17. The second-order valence-electron chi connectivity index (χ2n) is 10.2. The third-order valence-corrected chi connectivity index (χ3v) is 9.08. The first kappa shape index (κ1) is 23.3. The van der Waals surface area contributed by atoms with Gasteiger partial charge < -0.3 is 4.74 Å². The van der Waals surface area contributed by atoms with E-state index in [1.165, 1.54) is 12.2 Å². The summed E-state index contributed by atoms with van der Waals surface area (Å²) in [7, 11) is 0. The molecule has 32 heavy (non-hydrogen) atoms. The zero-order valence-corrected chi connectivity index (χ0v) is 19.6. The van der Waals surface area contributed by atoms with Crippen molar-refractivity contribution in [3.05, 3.63) is 23.8 Å². The van der Waals surface area contributed by atoms with E-state index in [2.05, 4.69) is 0 Å². The van der Waals surface area contributed by atoms with Crippen LogP contribution in [0.15, 0.2) is 23.8 Å². The van der Waals surface area contributed by atoms with Gasteiger partial charge in [0.1, 0.15) is 0 Å². The standard InChI is InChI=1S/C25H30ClFO5/c1-4-5-21(31)32-24(20(30)14-26)11-9-17-18-7-6-15-12-16(28)8-10-22(15,2)25(18,27)19(29)13-23(17,24)3/h8,10,12,17-18H,4-7,9,11,13-14H2,1-3H3/t17-,18-,22-,23-,24-,25-/m0/s1. The van der Waals surface area contributed by atoms with Crippen molar-refractivity contribution in [2.75, 3.05) is 5.88 Å². The van der Waals surface area contributed by atoms with Crippen LogP contribution in [0.25, 0.3) is 0 Å². The van der Waals surface area contributed by atoms with Crippen LogP contribution in [0, 0.1) is 22.7 Å². The maximum Gasteiger partial charge on any atom is 0.306 e. The summed E-state index contributed by atoms with van der Waals surface area (Å²) in [4.78, 5) is 51.2. The van der Waals surface area contributed by atoms with Crippen molar-refractivity contribution >= 4 is 34.9 Å². The van der Waals surface area contributed by atoms with Gasteiger partial charge in [0.2, 0.25) is 0 Å². The zero-order chi connectivity index (χ0) is 23.5. The van der Waals surface area contributed by atoms with E-state index < -0.39 is 45.6 Å². The van der Waals surface area contributed by atoms with Gasteiger partial charge >= 0.3 is 5.97 Å². The summed E-state index contributed by atoms with van der Waals surface area (Å²) >= 11 is 5.95. The van der Waals surface area contributed by atoms with Crippen LogP contribution in [-0.2, 0) is 23.9 Å². The molecular weight excluding hydrogens is 435 g/mol. The normalized spacial score (nSPS) is 42.6. The minimum atomic E-state index is -2.17. The number of hydrogen-bond acceptors (Lipinski definition) is 5. The minimum absolute atomic E-state index is 0.160. The lowest BCUT2D eigenvalue weighted by Gasteiger charge is -2.59. The summed E-state index contributed by atoms with van der Waals surface area (Å²) in [6.07, 6.45) is 6.49. The predicted molar refractivity (Wildman–Crippen MR) is 117 cm³/mol. The number of alkyl halides is 2. The molecule has 174 valence electrons. The Morgan fingerprint density at radius 3 is 2.59 bits per heavy atom. The van der Waals surface area contributed by atoms with E-state index in [4.69, 9.17) is 16.3 Å². The van der Waals surface area contributed by atoms with Gasteiger partial charge in [0, 0.05) is 29.6 Å². The maximum atomic E-state index is 17.0. The molecule has 5 nitrogen and oxygen atoms in total. The molecule has 0 N–H and O–H groups in total. The number of carbonyl (C=O) groups excluding carboxylic acids is 4. The number of fused-ring (bicyclic) bond motifs is 5. The van der Waals surface area contributed by atoms with Gasteiger partial charge in [0.15, 0.2) is 28.6 Å². The third kappa shape index (κ3) is 2.80. The molecule has 3 fully saturated rings. The number of hydrogen-bond donors (Lipinski definition) is 0. The number of ketones is 3. The molecule has 0 heterocycles. The number of carbonyl (C=O) groups is 4. The fourth-order valence-corrected chi connectivity index (χ4v) is 7.38. The molecule has 4 aliphatic carbocycles. The monoisotopic (exact) mass is 464 g/mol. The van der Waals surface area contributed by atoms with E-state index in [1.807, 2.05) is 6.92 Å². The summed E-state index contributed by atoms with van der Waals surface area (Å²) in [5.74, 6) is -2.99. The SMILES string of the molecule is CCCC(=O)O[C@]1(C(=O)CCl)CC[C@H]2[C@@H]3CCC4=CC(=O)C=C[C@]4(C)[C@@]3(F)C(=O)C[C@@]21C. The van der Waals surface area contributed by atoms with E-state index in [1.54, 1.807) is 19.9 Å². The van der Waals surface area contributed by atoms with E-state index in [-0.39, 0.29) is 36.8 Å². The molecule has 4 aliphatic rings. The average molecular weight is 465 g/mol. The largest absolute Gasteiger partial charge is 0.450 e. The minimum Gasteiger partial charge on any atom is -0.450 e. The van der Waals surface area contributed by atoms with Crippen LogP contribution in [0.4, 0.5) is 4.39 Å². The molecule has 0 aromatic carbocycles. The Morgan fingerprint density at radius 1 is 1.22 bits per heavy atom. The van der Waals surface area contributed by atoms with Crippen LogP contribution >= 0.6 is 11.6 Å². The molecule has 3 saturated carbocycles. The van der Waals surface area contributed by atoms with E-state index >= 15 is 4.39 Å². The quantitative estimate of drug-likeness (QED) is 0.443. The Hall–Kier alpha value is -1.82. The van der Waals surface area contributed by atoms with Gasteiger partial charge in [0.05, 0.1) is 5.88 Å². The average Bonchev–Trinajstić information content (AvgIpc) is 3.02. The predicted octanol–water partition coefficient (Wildman–Crippen LogP) is 4.46. The van der Waals surface area contributed by atoms with Crippen LogP contribution in [0.3, 0.4) is 0 Å². The Bertz CT molecular complexity index is 956. The summed E-state index contributed by atoms with van der Waals surface area (Å²) in [5.41, 5.74) is -5.26. The molecule has 0 amide bonds. The molecule has 0 unspecified atom stereocenters. The number of Topliss-reactive ketones (excluding diaryl/α,β-unsaturated/α-hetero) is 2. The summed E-state index contributed by atoms with van der Waals surface area (Å²) in [6, 6.07) is 0. The zero-order valence-electron chi connectivity index (χ0n) is 18.8. The van der Waals surface area contributed by atoms with E-state index in [0.717, 1.165) is 0 Å². The van der Waals surface area contributed by atoms with Gasteiger partial charge in [-0.25, -0.2) is 4.39 Å². The molecule has 0 saturated heterocycles. The summed E-state index contributed by atoms with van der Waals surface area (Å²) in [6.45, 7) is 5.33. The lowest BCUT2D eigenvalue weighted by molar-refractivity contribution is -0.197. The molecular formula is C25H30ClFO5. The van der Waals surface area contributed by atoms with Crippen molar-refractivity contribution < 1.29 is 28.3 Å². The molecule has 0 radical (unpaired) electrons. The van der Waals surface area contributed by atoms with Gasteiger partial charge in [-0.2, -0.15) is 0 Å². The lowest BCUT2D eigenvalue weighted by atomic mass is 9.45. The van der Waals surface area contributed by atoms with Crippen molar-refractivity contribution in [2.24, 2.45) is 22.7 Å². The number of rotatable bonds is 5. The van der Waals surface area contributed by atoms with Gasteiger partial charge in [-0.3, -0.25) is 19.2 Å². The first-order chi connectivity index (χ1) is 15.0. The number of halogens is 2. The molecule has 0 aliphatic heterocycles. The molecule has 4 rings (SSSR count).